The van der Waals surface area contributed by atoms with Gasteiger partial charge in [0.1, 0.15) is 23.9 Å². The number of aliphatic hydroxyl groups excluding tert-OH is 1. The maximum Gasteiger partial charge on any atom is 0.341 e. The maximum absolute atomic E-state index is 15.6. The predicted molar refractivity (Wildman–Crippen MR) is 225 cm³/mol. The fourth-order valence-corrected chi connectivity index (χ4v) is 11.2. The van der Waals surface area contributed by atoms with Crippen molar-refractivity contribution in [1.82, 2.24) is 5.32 Å². The lowest BCUT2D eigenvalue weighted by Gasteiger charge is -2.67. The molecule has 2 bridgehead atoms. The Labute approximate surface area is 370 Å². The van der Waals surface area contributed by atoms with Crippen LogP contribution in [0.1, 0.15) is 98.7 Å². The van der Waals surface area contributed by atoms with E-state index in [-0.39, 0.29) is 48.1 Å². The largest absolute Gasteiger partial charge is 0.456 e. The molecule has 1 aliphatic heterocycles. The van der Waals surface area contributed by atoms with Gasteiger partial charge < -0.3 is 44.3 Å². The summed E-state index contributed by atoms with van der Waals surface area (Å²) in [6, 6.07) is 21.9. The molecular weight excluding hydrogens is 827 g/mol. The number of aliphatic hydroxyl groups is 3. The van der Waals surface area contributed by atoms with Crippen molar-refractivity contribution < 1.29 is 67.8 Å². The smallest absolute Gasteiger partial charge is 0.341 e. The maximum atomic E-state index is 15.6. The summed E-state index contributed by atoms with van der Waals surface area (Å²) in [6.45, 7) is 8.06. The summed E-state index contributed by atoms with van der Waals surface area (Å²) >= 11 is 0. The van der Waals surface area contributed by atoms with E-state index in [2.05, 4.69) is 5.32 Å². The van der Waals surface area contributed by atoms with E-state index >= 15 is 4.79 Å². The number of Topliss-reactive ketones (excluding diaryl/α,β-unsaturated/α-hetero) is 1. The Morgan fingerprint density at radius 2 is 1.44 bits per heavy atom. The number of ether oxygens (including phenoxy) is 5. The molecule has 5 aliphatic rings. The minimum absolute atomic E-state index is 0.00955. The quantitative estimate of drug-likeness (QED) is 0.143. The van der Waals surface area contributed by atoms with E-state index < -0.39 is 112 Å². The summed E-state index contributed by atoms with van der Waals surface area (Å²) in [5.74, 6) is -6.72. The number of nitrogens with one attached hydrogen (secondary N) is 1. The number of aryl methyl sites for hydroxylation is 1. The molecule has 338 valence electrons. The number of amides is 1. The molecule has 1 saturated heterocycles. The van der Waals surface area contributed by atoms with Gasteiger partial charge in [-0.1, -0.05) is 74.5 Å². The normalized spacial score (nSPS) is 34.8. The molecule has 11 atom stereocenters. The lowest BCUT2D eigenvalue weighted by Crippen LogP contribution is -2.82. The molecule has 0 radical (unpaired) electrons. The Hall–Kier alpha value is -5.74. The Balaban J connectivity index is 1.30. The van der Waals surface area contributed by atoms with Crippen molar-refractivity contribution in [1.29, 1.82) is 0 Å². The Morgan fingerprint density at radius 1 is 0.812 bits per heavy atom. The summed E-state index contributed by atoms with van der Waals surface area (Å²) in [4.78, 5) is 84.7. The third kappa shape index (κ3) is 6.86. The molecule has 4 N–H and O–H groups in total. The van der Waals surface area contributed by atoms with Crippen LogP contribution in [0.5, 0.6) is 0 Å². The van der Waals surface area contributed by atoms with E-state index in [0.717, 1.165) is 19.4 Å². The first-order valence-corrected chi connectivity index (χ1v) is 21.5. The molecule has 64 heavy (non-hydrogen) atoms. The zero-order valence-electron chi connectivity index (χ0n) is 36.5. The van der Waals surface area contributed by atoms with Gasteiger partial charge in [-0.2, -0.15) is 0 Å². The summed E-state index contributed by atoms with van der Waals surface area (Å²) in [5, 5.41) is 41.4. The highest BCUT2D eigenvalue weighted by Gasteiger charge is 2.78. The van der Waals surface area contributed by atoms with Crippen molar-refractivity contribution in [2.75, 3.05) is 6.61 Å². The SMILES string of the molecule is CC(=O)O[C@H]1C(=O)[C@@]2(C)[C@H]([C@H](OC(=O)c3ccccc3)[C@]3(O)CC(OC(=O)[C@@]4(O)CCc5ccccc5[C@@H]4NC(=O)c4ccccc4)C(C)=C1C3(C)C)[C@]1(OC(C)=O)CO[C@@H]1C[C@@H]2O. The van der Waals surface area contributed by atoms with Crippen LogP contribution in [-0.2, 0) is 49.3 Å². The first kappa shape index (κ1) is 44.9. The van der Waals surface area contributed by atoms with Crippen molar-refractivity contribution in [2.45, 2.75) is 121 Å². The zero-order valence-corrected chi connectivity index (χ0v) is 36.5. The van der Waals surface area contributed by atoms with Gasteiger partial charge in [0.15, 0.2) is 23.1 Å². The van der Waals surface area contributed by atoms with Crippen LogP contribution in [-0.4, -0.2) is 105 Å². The fourth-order valence-electron chi connectivity index (χ4n) is 11.2. The van der Waals surface area contributed by atoms with Crippen LogP contribution < -0.4 is 5.32 Å². The molecule has 1 heterocycles. The molecule has 1 unspecified atom stereocenters. The van der Waals surface area contributed by atoms with E-state index in [9.17, 15) is 39.3 Å². The van der Waals surface area contributed by atoms with Crippen LogP contribution in [0, 0.1) is 16.7 Å². The molecule has 4 aliphatic carbocycles. The van der Waals surface area contributed by atoms with Gasteiger partial charge in [-0.25, -0.2) is 9.59 Å². The molecule has 0 aromatic heterocycles. The number of hydrogen-bond donors (Lipinski definition) is 4. The Bertz CT molecular complexity index is 2430. The number of hydrogen-bond acceptors (Lipinski definition) is 14. The highest BCUT2D eigenvalue weighted by Crippen LogP contribution is 2.64. The lowest BCUT2D eigenvalue weighted by molar-refractivity contribution is -0.346. The van der Waals surface area contributed by atoms with Gasteiger partial charge in [0.05, 0.1) is 35.6 Å². The van der Waals surface area contributed by atoms with Gasteiger partial charge in [-0.05, 0) is 73.2 Å². The molecule has 8 rings (SSSR count). The van der Waals surface area contributed by atoms with E-state index in [1.165, 1.54) is 19.1 Å². The topological polar surface area (TPSA) is 221 Å². The molecule has 3 aromatic carbocycles. The van der Waals surface area contributed by atoms with Crippen LogP contribution in [0.15, 0.2) is 96.1 Å². The second-order valence-corrected chi connectivity index (χ2v) is 18.5. The van der Waals surface area contributed by atoms with Crippen LogP contribution >= 0.6 is 0 Å². The van der Waals surface area contributed by atoms with Gasteiger partial charge >= 0.3 is 23.9 Å². The third-order valence-electron chi connectivity index (χ3n) is 14.7. The zero-order chi connectivity index (χ0) is 46.1. The van der Waals surface area contributed by atoms with Gasteiger partial charge in [0.25, 0.3) is 5.91 Å². The number of benzene rings is 3. The number of esters is 4. The number of carbonyl (C=O) groups excluding carboxylic acids is 6. The van der Waals surface area contributed by atoms with E-state index in [1.807, 2.05) is 12.1 Å². The van der Waals surface area contributed by atoms with Crippen molar-refractivity contribution in [3.63, 3.8) is 0 Å². The lowest BCUT2D eigenvalue weighted by atomic mass is 9.44. The number of ketones is 1. The second-order valence-electron chi connectivity index (χ2n) is 18.5. The van der Waals surface area contributed by atoms with Crippen molar-refractivity contribution in [2.24, 2.45) is 16.7 Å². The van der Waals surface area contributed by atoms with E-state index in [0.29, 0.717) is 5.56 Å². The minimum Gasteiger partial charge on any atom is -0.456 e. The molecule has 3 fully saturated rings. The van der Waals surface area contributed by atoms with Crippen molar-refractivity contribution in [3.8, 4) is 0 Å². The molecular formula is C49H53NO14. The first-order valence-electron chi connectivity index (χ1n) is 21.5. The summed E-state index contributed by atoms with van der Waals surface area (Å²) in [7, 11) is 0. The van der Waals surface area contributed by atoms with Crippen molar-refractivity contribution in [3.05, 3.63) is 118 Å². The van der Waals surface area contributed by atoms with Crippen LogP contribution in [0.4, 0.5) is 0 Å². The Kier molecular flexibility index (Phi) is 11.2. The van der Waals surface area contributed by atoms with E-state index in [4.69, 9.17) is 23.7 Å². The third-order valence-corrected chi connectivity index (χ3v) is 14.7. The number of rotatable bonds is 8. The van der Waals surface area contributed by atoms with Gasteiger partial charge in [0.2, 0.25) is 0 Å². The molecule has 1 amide bonds. The second kappa shape index (κ2) is 16.1. The summed E-state index contributed by atoms with van der Waals surface area (Å²) in [5.41, 5.74) is -8.44. The first-order chi connectivity index (χ1) is 30.2. The average Bonchev–Trinajstić information content (AvgIpc) is 3.26. The van der Waals surface area contributed by atoms with Crippen LogP contribution in [0.3, 0.4) is 0 Å². The number of carbonyl (C=O) groups is 6. The highest BCUT2D eigenvalue weighted by molar-refractivity contribution is 5.96. The Morgan fingerprint density at radius 3 is 2.05 bits per heavy atom. The molecule has 3 aromatic rings. The fraction of sp³-hybridized carbons (Fsp3) is 0.469. The van der Waals surface area contributed by atoms with Gasteiger partial charge in [-0.15, -0.1) is 0 Å². The summed E-state index contributed by atoms with van der Waals surface area (Å²) < 4.78 is 30.7. The van der Waals surface area contributed by atoms with Crippen LogP contribution in [0.25, 0.3) is 0 Å². The van der Waals surface area contributed by atoms with Gasteiger partial charge in [0, 0.05) is 37.7 Å². The molecule has 15 heteroatoms. The monoisotopic (exact) mass is 879 g/mol. The molecule has 2 saturated carbocycles. The predicted octanol–water partition coefficient (Wildman–Crippen LogP) is 4.05. The van der Waals surface area contributed by atoms with Crippen LogP contribution in [0.2, 0.25) is 0 Å². The molecule has 0 spiro atoms. The number of fused-ring (bicyclic) bond motifs is 6. The van der Waals surface area contributed by atoms with E-state index in [1.54, 1.807) is 81.4 Å². The van der Waals surface area contributed by atoms with Crippen molar-refractivity contribution >= 4 is 35.6 Å². The van der Waals surface area contributed by atoms with Gasteiger partial charge in [-0.3, -0.25) is 19.2 Å². The standard InChI is InChI=1S/C49H53NO14/c1-26-33(62-44(57)47(58)22-21-29-15-13-14-20-32(29)39(47)50-42(55)30-16-9-7-10-17-30)24-49(59)41(63-43(56)31-18-11-8-12-19-31)38-46(6,34(53)23-35-48(38,25-60-35)64-28(3)52)40(54)37(61-27(2)51)36(26)45(49,4)5/h7-20,33-35,37-39,41,53,58-59H,21-25H2,1-6H3,(H,50,55)/t33?,34-,35+,37+,38-,39-,41-,46+,47+,48-,49+/m0/s1. The average molecular weight is 880 g/mol. The summed E-state index contributed by atoms with van der Waals surface area (Å²) in [6.07, 6.45) is -8.42. The highest BCUT2D eigenvalue weighted by atomic mass is 16.6. The molecule has 15 nitrogen and oxygen atoms in total. The minimum atomic E-state index is -2.39.